The number of furan rings is 1. The van der Waals surface area contributed by atoms with E-state index in [1.165, 1.54) is 0 Å². The average Bonchev–Trinajstić information content (AvgIpc) is 2.77. The molecule has 0 bridgehead atoms. The van der Waals surface area contributed by atoms with Crippen LogP contribution in [0.2, 0.25) is 5.22 Å². The Kier molecular flexibility index (Phi) is 3.36. The van der Waals surface area contributed by atoms with Crippen molar-refractivity contribution >= 4 is 33.4 Å². The standard InChI is InChI=1S/C10H11BrClNO2/c11-6-2-1-3-7(6)13-10(14)8-4-5-9(12)15-8/h4-7H,1-3H2,(H,13,14). The van der Waals surface area contributed by atoms with Crippen molar-refractivity contribution in [1.29, 1.82) is 0 Å². The van der Waals surface area contributed by atoms with E-state index in [0.717, 1.165) is 19.3 Å². The van der Waals surface area contributed by atoms with Gasteiger partial charge in [0.25, 0.3) is 5.91 Å². The molecule has 0 saturated heterocycles. The average molecular weight is 293 g/mol. The Balaban J connectivity index is 1.97. The maximum Gasteiger partial charge on any atom is 0.287 e. The SMILES string of the molecule is O=C(NC1CCCC1Br)c1ccc(Cl)o1. The molecule has 0 aliphatic heterocycles. The maximum absolute atomic E-state index is 11.7. The van der Waals surface area contributed by atoms with E-state index in [0.29, 0.717) is 4.83 Å². The molecule has 1 amide bonds. The van der Waals surface area contributed by atoms with Crippen molar-refractivity contribution in [3.8, 4) is 0 Å². The highest BCUT2D eigenvalue weighted by Crippen LogP contribution is 2.26. The molecule has 1 saturated carbocycles. The summed E-state index contributed by atoms with van der Waals surface area (Å²) >= 11 is 9.13. The molecule has 0 aromatic carbocycles. The van der Waals surface area contributed by atoms with E-state index in [2.05, 4.69) is 21.2 Å². The predicted octanol–water partition coefficient (Wildman–Crippen LogP) is 2.98. The molecular weight excluding hydrogens is 281 g/mol. The minimum absolute atomic E-state index is 0.196. The van der Waals surface area contributed by atoms with E-state index in [4.69, 9.17) is 16.0 Å². The fourth-order valence-electron chi connectivity index (χ4n) is 1.75. The Morgan fingerprint density at radius 3 is 2.87 bits per heavy atom. The highest BCUT2D eigenvalue weighted by atomic mass is 79.9. The van der Waals surface area contributed by atoms with Crippen molar-refractivity contribution in [2.24, 2.45) is 0 Å². The number of nitrogens with one attached hydrogen (secondary N) is 1. The van der Waals surface area contributed by atoms with Crippen LogP contribution in [0.3, 0.4) is 0 Å². The van der Waals surface area contributed by atoms with Crippen LogP contribution >= 0.6 is 27.5 Å². The molecule has 82 valence electrons. The van der Waals surface area contributed by atoms with Crippen LogP contribution in [0, 0.1) is 0 Å². The van der Waals surface area contributed by atoms with Crippen molar-refractivity contribution < 1.29 is 9.21 Å². The minimum atomic E-state index is -0.196. The van der Waals surface area contributed by atoms with E-state index in [-0.39, 0.29) is 22.9 Å². The van der Waals surface area contributed by atoms with E-state index < -0.39 is 0 Å². The zero-order valence-electron chi connectivity index (χ0n) is 8.00. The molecule has 1 fully saturated rings. The number of rotatable bonds is 2. The lowest BCUT2D eigenvalue weighted by Gasteiger charge is -2.14. The smallest absolute Gasteiger partial charge is 0.287 e. The maximum atomic E-state index is 11.7. The minimum Gasteiger partial charge on any atom is -0.440 e. The lowest BCUT2D eigenvalue weighted by Crippen LogP contribution is -2.37. The number of carbonyl (C=O) groups is 1. The third-order valence-corrected chi connectivity index (χ3v) is 3.84. The zero-order chi connectivity index (χ0) is 10.8. The first-order chi connectivity index (χ1) is 7.16. The summed E-state index contributed by atoms with van der Waals surface area (Å²) in [5.74, 6) is 0.0739. The highest BCUT2D eigenvalue weighted by molar-refractivity contribution is 9.09. The van der Waals surface area contributed by atoms with Gasteiger partial charge >= 0.3 is 0 Å². The Labute approximate surface area is 101 Å². The lowest BCUT2D eigenvalue weighted by atomic mass is 10.2. The molecule has 1 aliphatic rings. The summed E-state index contributed by atoms with van der Waals surface area (Å²) in [4.78, 5) is 12.0. The van der Waals surface area contributed by atoms with Crippen LogP contribution in [0.25, 0.3) is 0 Å². The van der Waals surface area contributed by atoms with Crippen LogP contribution in [0.5, 0.6) is 0 Å². The third-order valence-electron chi connectivity index (χ3n) is 2.55. The molecule has 2 atom stereocenters. The first-order valence-corrected chi connectivity index (χ1v) is 6.16. The second kappa shape index (κ2) is 4.58. The summed E-state index contributed by atoms with van der Waals surface area (Å²) < 4.78 is 5.03. The fourth-order valence-corrected chi connectivity index (χ4v) is 2.62. The molecule has 1 heterocycles. The molecule has 1 aliphatic carbocycles. The van der Waals surface area contributed by atoms with Gasteiger partial charge in [-0.1, -0.05) is 22.4 Å². The van der Waals surface area contributed by atoms with Gasteiger partial charge in [0.05, 0.1) is 0 Å². The van der Waals surface area contributed by atoms with Crippen molar-refractivity contribution in [3.63, 3.8) is 0 Å². The largest absolute Gasteiger partial charge is 0.440 e. The summed E-state index contributed by atoms with van der Waals surface area (Å²) in [5.41, 5.74) is 0. The van der Waals surface area contributed by atoms with Crippen LogP contribution in [-0.2, 0) is 0 Å². The van der Waals surface area contributed by atoms with Gasteiger partial charge in [-0.25, -0.2) is 0 Å². The van der Waals surface area contributed by atoms with Gasteiger partial charge in [-0.2, -0.15) is 0 Å². The van der Waals surface area contributed by atoms with Gasteiger partial charge in [0.15, 0.2) is 11.0 Å². The molecule has 2 unspecified atom stereocenters. The Bertz CT molecular complexity index is 366. The molecule has 0 radical (unpaired) electrons. The number of amides is 1. The molecule has 3 nitrogen and oxygen atoms in total. The zero-order valence-corrected chi connectivity index (χ0v) is 10.3. The fraction of sp³-hybridized carbons (Fsp3) is 0.500. The first-order valence-electron chi connectivity index (χ1n) is 4.87. The molecule has 1 N–H and O–H groups in total. The van der Waals surface area contributed by atoms with E-state index in [9.17, 15) is 4.79 Å². The molecule has 2 rings (SSSR count). The molecule has 1 aromatic rings. The van der Waals surface area contributed by atoms with Crippen molar-refractivity contribution in [2.45, 2.75) is 30.1 Å². The number of carbonyl (C=O) groups excluding carboxylic acids is 1. The van der Waals surface area contributed by atoms with Crippen molar-refractivity contribution in [2.75, 3.05) is 0 Å². The summed E-state index contributed by atoms with van der Waals surface area (Å²) in [5, 5.41) is 3.16. The molecular formula is C10H11BrClNO2. The molecule has 1 aromatic heterocycles. The number of alkyl halides is 1. The highest BCUT2D eigenvalue weighted by Gasteiger charge is 2.27. The van der Waals surface area contributed by atoms with Crippen LogP contribution in [0.15, 0.2) is 16.5 Å². The van der Waals surface area contributed by atoms with E-state index in [1.54, 1.807) is 12.1 Å². The second-order valence-corrected chi connectivity index (χ2v) is 5.18. The van der Waals surface area contributed by atoms with Gasteiger partial charge < -0.3 is 9.73 Å². The number of hydrogen-bond donors (Lipinski definition) is 1. The van der Waals surface area contributed by atoms with Gasteiger partial charge in [-0.3, -0.25) is 4.79 Å². The molecule has 15 heavy (non-hydrogen) atoms. The van der Waals surface area contributed by atoms with Crippen molar-refractivity contribution in [1.82, 2.24) is 5.32 Å². The summed E-state index contributed by atoms with van der Waals surface area (Å²) in [6.07, 6.45) is 3.25. The van der Waals surface area contributed by atoms with E-state index in [1.807, 2.05) is 0 Å². The Morgan fingerprint density at radius 2 is 2.33 bits per heavy atom. The number of halogens is 2. The lowest BCUT2D eigenvalue weighted by molar-refractivity contribution is 0.0911. The quantitative estimate of drug-likeness (QED) is 0.852. The van der Waals surface area contributed by atoms with Gasteiger partial charge in [0, 0.05) is 10.9 Å². The third kappa shape index (κ3) is 2.55. The normalized spacial score (nSPS) is 25.5. The van der Waals surface area contributed by atoms with Crippen LogP contribution < -0.4 is 5.32 Å². The van der Waals surface area contributed by atoms with Gasteiger partial charge in [0.1, 0.15) is 0 Å². The van der Waals surface area contributed by atoms with Crippen LogP contribution in [0.1, 0.15) is 29.8 Å². The Hall–Kier alpha value is -0.480. The summed E-state index contributed by atoms with van der Waals surface area (Å²) in [6.45, 7) is 0. The van der Waals surface area contributed by atoms with Crippen LogP contribution in [-0.4, -0.2) is 16.8 Å². The van der Waals surface area contributed by atoms with E-state index >= 15 is 0 Å². The molecule has 5 heteroatoms. The van der Waals surface area contributed by atoms with Gasteiger partial charge in [-0.05, 0) is 36.6 Å². The summed E-state index contributed by atoms with van der Waals surface area (Å²) in [7, 11) is 0. The monoisotopic (exact) mass is 291 g/mol. The first kappa shape index (κ1) is 11.0. The predicted molar refractivity (Wildman–Crippen MR) is 61.5 cm³/mol. The van der Waals surface area contributed by atoms with Gasteiger partial charge in [-0.15, -0.1) is 0 Å². The molecule has 0 spiro atoms. The topological polar surface area (TPSA) is 42.2 Å². The summed E-state index contributed by atoms with van der Waals surface area (Å²) in [6, 6.07) is 3.34. The Morgan fingerprint density at radius 1 is 1.53 bits per heavy atom. The van der Waals surface area contributed by atoms with Crippen molar-refractivity contribution in [3.05, 3.63) is 23.1 Å². The van der Waals surface area contributed by atoms with Crippen LogP contribution in [0.4, 0.5) is 0 Å². The van der Waals surface area contributed by atoms with Gasteiger partial charge in [0.2, 0.25) is 0 Å². The number of hydrogen-bond acceptors (Lipinski definition) is 2. The second-order valence-electron chi connectivity index (χ2n) is 3.63.